The fourth-order valence-corrected chi connectivity index (χ4v) is 4.48. The van der Waals surface area contributed by atoms with E-state index in [0.717, 1.165) is 17.9 Å². The summed E-state index contributed by atoms with van der Waals surface area (Å²) in [5.74, 6) is 2.34. The van der Waals surface area contributed by atoms with Crippen LogP contribution in [0.5, 0.6) is 0 Å². The quantitative estimate of drug-likeness (QED) is 0.924. The number of rotatable bonds is 4. The SMILES string of the molecule is CC(C)(C)S(=O)(=O)CCN[C@@H]1CSCCc2ccccc21. The Morgan fingerprint density at radius 3 is 2.71 bits per heavy atom. The molecule has 1 heterocycles. The maximum atomic E-state index is 12.2. The molecule has 0 radical (unpaired) electrons. The van der Waals surface area contributed by atoms with Crippen LogP contribution >= 0.6 is 11.8 Å². The highest BCUT2D eigenvalue weighted by Crippen LogP contribution is 2.27. The first-order valence-corrected chi connectivity index (χ1v) is 10.2. The van der Waals surface area contributed by atoms with E-state index in [4.69, 9.17) is 0 Å². The Morgan fingerprint density at radius 1 is 1.29 bits per heavy atom. The lowest BCUT2D eigenvalue weighted by Crippen LogP contribution is -2.36. The van der Waals surface area contributed by atoms with E-state index in [1.54, 1.807) is 20.8 Å². The number of benzene rings is 1. The largest absolute Gasteiger partial charge is 0.308 e. The maximum absolute atomic E-state index is 12.2. The van der Waals surface area contributed by atoms with Gasteiger partial charge in [-0.3, -0.25) is 0 Å². The Kier molecular flexibility index (Phi) is 5.38. The van der Waals surface area contributed by atoms with Gasteiger partial charge < -0.3 is 5.32 Å². The number of sulfone groups is 1. The van der Waals surface area contributed by atoms with Gasteiger partial charge in [-0.25, -0.2) is 8.42 Å². The molecule has 0 saturated carbocycles. The smallest absolute Gasteiger partial charge is 0.156 e. The molecule has 0 aromatic heterocycles. The van der Waals surface area contributed by atoms with Crippen molar-refractivity contribution < 1.29 is 8.42 Å². The standard InChI is InChI=1S/C16H25NO2S2/c1-16(2,3)21(18,19)11-9-17-15-12-20-10-8-13-6-4-5-7-14(13)15/h4-7,15,17H,8-12H2,1-3H3/t15-/m1/s1. The first kappa shape index (κ1) is 16.8. The zero-order valence-corrected chi connectivity index (χ0v) is 14.7. The van der Waals surface area contributed by atoms with Gasteiger partial charge in [0.2, 0.25) is 0 Å². The fourth-order valence-electron chi connectivity index (χ4n) is 2.42. The number of nitrogens with one attached hydrogen (secondary N) is 1. The number of hydrogen-bond acceptors (Lipinski definition) is 4. The Bertz CT molecular complexity index is 576. The van der Waals surface area contributed by atoms with Crippen molar-refractivity contribution in [2.45, 2.75) is 38.0 Å². The van der Waals surface area contributed by atoms with Gasteiger partial charge in [-0.05, 0) is 44.1 Å². The van der Waals surface area contributed by atoms with Crippen LogP contribution in [0.1, 0.15) is 37.9 Å². The average Bonchev–Trinajstić information content (AvgIpc) is 2.60. The van der Waals surface area contributed by atoms with Gasteiger partial charge in [-0.15, -0.1) is 0 Å². The van der Waals surface area contributed by atoms with E-state index in [0.29, 0.717) is 6.54 Å². The fraction of sp³-hybridized carbons (Fsp3) is 0.625. The first-order chi connectivity index (χ1) is 9.81. The summed E-state index contributed by atoms with van der Waals surface area (Å²) in [5.41, 5.74) is 2.72. The monoisotopic (exact) mass is 327 g/mol. The molecule has 1 aliphatic heterocycles. The van der Waals surface area contributed by atoms with Crippen LogP contribution in [-0.2, 0) is 16.3 Å². The minimum Gasteiger partial charge on any atom is -0.308 e. The van der Waals surface area contributed by atoms with E-state index < -0.39 is 14.6 Å². The molecule has 1 aromatic carbocycles. The Hall–Kier alpha value is -0.520. The third-order valence-corrected chi connectivity index (χ3v) is 7.59. The van der Waals surface area contributed by atoms with Gasteiger partial charge >= 0.3 is 0 Å². The molecule has 1 aliphatic rings. The van der Waals surface area contributed by atoms with Crippen molar-refractivity contribution in [2.24, 2.45) is 0 Å². The van der Waals surface area contributed by atoms with Crippen LogP contribution in [0.15, 0.2) is 24.3 Å². The van der Waals surface area contributed by atoms with Gasteiger partial charge in [-0.1, -0.05) is 24.3 Å². The number of hydrogen-bond donors (Lipinski definition) is 1. The summed E-state index contributed by atoms with van der Waals surface area (Å²) in [5, 5.41) is 3.45. The molecule has 118 valence electrons. The van der Waals surface area contributed by atoms with Gasteiger partial charge in [0.1, 0.15) is 0 Å². The first-order valence-electron chi connectivity index (χ1n) is 7.42. The predicted molar refractivity (Wildman–Crippen MR) is 91.8 cm³/mol. The molecule has 0 fully saturated rings. The third kappa shape index (κ3) is 4.24. The van der Waals surface area contributed by atoms with Crippen molar-refractivity contribution in [1.29, 1.82) is 0 Å². The normalized spacial score (nSPS) is 19.9. The van der Waals surface area contributed by atoms with Crippen LogP contribution < -0.4 is 5.32 Å². The summed E-state index contributed by atoms with van der Waals surface area (Å²) < 4.78 is 23.6. The van der Waals surface area contributed by atoms with E-state index in [2.05, 4.69) is 29.6 Å². The number of thioether (sulfide) groups is 1. The highest BCUT2D eigenvalue weighted by atomic mass is 32.2. The molecule has 5 heteroatoms. The summed E-state index contributed by atoms with van der Waals surface area (Å²) in [6.45, 7) is 5.80. The van der Waals surface area contributed by atoms with Crippen molar-refractivity contribution in [2.75, 3.05) is 23.8 Å². The molecule has 1 N–H and O–H groups in total. The molecular weight excluding hydrogens is 302 g/mol. The second-order valence-electron chi connectivity index (χ2n) is 6.46. The highest BCUT2D eigenvalue weighted by molar-refractivity contribution is 7.99. The van der Waals surface area contributed by atoms with Crippen molar-refractivity contribution in [3.8, 4) is 0 Å². The summed E-state index contributed by atoms with van der Waals surface area (Å²) in [4.78, 5) is 0. The van der Waals surface area contributed by atoms with Crippen LogP contribution in [-0.4, -0.2) is 37.0 Å². The van der Waals surface area contributed by atoms with Crippen LogP contribution in [0, 0.1) is 0 Å². The third-order valence-electron chi connectivity index (χ3n) is 3.93. The van der Waals surface area contributed by atoms with Crippen molar-refractivity contribution in [3.05, 3.63) is 35.4 Å². The molecule has 2 rings (SSSR count). The minimum atomic E-state index is -3.05. The molecule has 1 atom stereocenters. The zero-order valence-electron chi connectivity index (χ0n) is 13.1. The van der Waals surface area contributed by atoms with Crippen LogP contribution in [0.25, 0.3) is 0 Å². The molecule has 21 heavy (non-hydrogen) atoms. The summed E-state index contributed by atoms with van der Waals surface area (Å²) >= 11 is 1.93. The summed E-state index contributed by atoms with van der Waals surface area (Å²) in [7, 11) is -3.05. The number of aryl methyl sites for hydroxylation is 1. The second-order valence-corrected chi connectivity index (χ2v) is 10.5. The molecule has 0 unspecified atom stereocenters. The van der Waals surface area contributed by atoms with Gasteiger partial charge in [-0.2, -0.15) is 11.8 Å². The Morgan fingerprint density at radius 2 is 2.00 bits per heavy atom. The lowest BCUT2D eigenvalue weighted by molar-refractivity contribution is 0.547. The van der Waals surface area contributed by atoms with E-state index in [9.17, 15) is 8.42 Å². The van der Waals surface area contributed by atoms with E-state index in [1.807, 2.05) is 11.8 Å². The van der Waals surface area contributed by atoms with Crippen LogP contribution in [0.3, 0.4) is 0 Å². The molecule has 1 aromatic rings. The average molecular weight is 328 g/mol. The molecule has 0 amide bonds. The van der Waals surface area contributed by atoms with Crippen LogP contribution in [0.2, 0.25) is 0 Å². The van der Waals surface area contributed by atoms with E-state index in [-0.39, 0.29) is 11.8 Å². The summed E-state index contributed by atoms with van der Waals surface area (Å²) in [6.07, 6.45) is 1.10. The van der Waals surface area contributed by atoms with Gasteiger partial charge in [0.05, 0.1) is 10.5 Å². The van der Waals surface area contributed by atoms with Gasteiger partial charge in [0.25, 0.3) is 0 Å². The Labute approximate surface area is 132 Å². The molecule has 0 saturated heterocycles. The van der Waals surface area contributed by atoms with Crippen molar-refractivity contribution in [1.82, 2.24) is 5.32 Å². The zero-order chi connectivity index (χ0) is 15.5. The molecule has 0 aliphatic carbocycles. The van der Waals surface area contributed by atoms with Crippen molar-refractivity contribution >= 4 is 21.6 Å². The van der Waals surface area contributed by atoms with Crippen LogP contribution in [0.4, 0.5) is 0 Å². The van der Waals surface area contributed by atoms with Gasteiger partial charge in [0, 0.05) is 18.3 Å². The topological polar surface area (TPSA) is 46.2 Å². The molecule has 0 spiro atoms. The van der Waals surface area contributed by atoms with E-state index in [1.165, 1.54) is 11.1 Å². The highest BCUT2D eigenvalue weighted by Gasteiger charge is 2.28. The molecule has 3 nitrogen and oxygen atoms in total. The van der Waals surface area contributed by atoms with Gasteiger partial charge in [0.15, 0.2) is 9.84 Å². The maximum Gasteiger partial charge on any atom is 0.156 e. The lowest BCUT2D eigenvalue weighted by atomic mass is 10.00. The minimum absolute atomic E-state index is 0.194. The lowest BCUT2D eigenvalue weighted by Gasteiger charge is -2.22. The summed E-state index contributed by atoms with van der Waals surface area (Å²) in [6, 6.07) is 8.74. The predicted octanol–water partition coefficient (Wildman–Crippen LogP) is 2.82. The second kappa shape index (κ2) is 6.71. The Balaban J connectivity index is 2.01. The number of fused-ring (bicyclic) bond motifs is 1. The molecule has 0 bridgehead atoms. The van der Waals surface area contributed by atoms with E-state index >= 15 is 0 Å². The van der Waals surface area contributed by atoms with Crippen molar-refractivity contribution in [3.63, 3.8) is 0 Å². The molecular formula is C16H25NO2S2.